The molecule has 0 saturated carbocycles. The highest BCUT2D eigenvalue weighted by atomic mass is 79.9. The number of aryl methyl sites for hydroxylation is 1. The Morgan fingerprint density at radius 2 is 1.66 bits per heavy atom. The largest absolute Gasteiger partial charge is 0.497 e. The molecule has 0 aromatic heterocycles. The smallest absolute Gasteiger partial charge is 0.340 e. The maximum absolute atomic E-state index is 12.8. The summed E-state index contributed by atoms with van der Waals surface area (Å²) in [6, 6.07) is 16.8. The second-order valence-electron chi connectivity index (χ2n) is 7.36. The lowest BCUT2D eigenvalue weighted by molar-refractivity contribution is 0.0601. The first kappa shape index (κ1) is 26.1. The van der Waals surface area contributed by atoms with Crippen LogP contribution < -0.4 is 14.8 Å². The van der Waals surface area contributed by atoms with E-state index in [1.807, 2.05) is 24.3 Å². The average Bonchev–Trinajstić information content (AvgIpc) is 2.85. The molecule has 3 aromatic rings. The van der Waals surface area contributed by atoms with Gasteiger partial charge < -0.3 is 19.5 Å². The predicted octanol–water partition coefficient (Wildman–Crippen LogP) is 4.83. The zero-order valence-corrected chi connectivity index (χ0v) is 21.8. The van der Waals surface area contributed by atoms with Gasteiger partial charge in [0, 0.05) is 10.0 Å². The van der Waals surface area contributed by atoms with Crippen LogP contribution in [0, 0.1) is 18.8 Å². The Morgan fingerprint density at radius 1 is 1.00 bits per heavy atom. The first-order valence-corrected chi connectivity index (χ1v) is 12.9. The Morgan fingerprint density at radius 3 is 2.29 bits per heavy atom. The Balaban J connectivity index is 1.63. The molecule has 0 unspecified atom stereocenters. The fourth-order valence-corrected chi connectivity index (χ4v) is 4.80. The molecule has 0 radical (unpaired) electrons. The fraction of sp³-hybridized carbons (Fsp3) is 0.192. The van der Waals surface area contributed by atoms with Gasteiger partial charge in [-0.2, -0.15) is 0 Å². The molecule has 0 atom stereocenters. The zero-order valence-electron chi connectivity index (χ0n) is 19.4. The van der Waals surface area contributed by atoms with Crippen LogP contribution in [0.2, 0.25) is 0 Å². The van der Waals surface area contributed by atoms with E-state index in [4.69, 9.17) is 14.2 Å². The Bertz CT molecular complexity index is 1360. The van der Waals surface area contributed by atoms with Crippen molar-refractivity contribution in [3.05, 3.63) is 81.8 Å². The minimum absolute atomic E-state index is 0.121. The van der Waals surface area contributed by atoms with Crippen molar-refractivity contribution in [2.24, 2.45) is 0 Å². The number of halogens is 1. The standard InChI is InChI=1S/C26H24BrNO6S/c1-18-15-20(27)16-24(26(29)33-3)25(18)28-17-35(30,31)23-12-10-22(11-13-23)34-14-4-5-19-6-8-21(32-2)9-7-19/h6-13,15-16,28H,14,17H2,1-3H3. The van der Waals surface area contributed by atoms with Crippen LogP contribution in [0.5, 0.6) is 11.5 Å². The molecule has 1 N–H and O–H groups in total. The molecule has 0 aliphatic rings. The molecule has 3 rings (SSSR count). The maximum Gasteiger partial charge on any atom is 0.340 e. The molecule has 0 saturated heterocycles. The summed E-state index contributed by atoms with van der Waals surface area (Å²) in [5.41, 5.74) is 2.18. The van der Waals surface area contributed by atoms with E-state index < -0.39 is 21.7 Å². The summed E-state index contributed by atoms with van der Waals surface area (Å²) in [7, 11) is -0.813. The zero-order chi connectivity index (χ0) is 25.4. The van der Waals surface area contributed by atoms with Crippen molar-refractivity contribution < 1.29 is 27.4 Å². The molecule has 0 spiro atoms. The predicted molar refractivity (Wildman–Crippen MR) is 138 cm³/mol. The second kappa shape index (κ2) is 11.8. The molecule has 0 aliphatic heterocycles. The molecular weight excluding hydrogens is 534 g/mol. The molecule has 0 aliphatic carbocycles. The molecular formula is C26H24BrNO6S. The van der Waals surface area contributed by atoms with Gasteiger partial charge >= 0.3 is 5.97 Å². The van der Waals surface area contributed by atoms with Gasteiger partial charge in [-0.25, -0.2) is 13.2 Å². The van der Waals surface area contributed by atoms with Gasteiger partial charge in [-0.1, -0.05) is 27.8 Å². The molecule has 182 valence electrons. The molecule has 3 aromatic carbocycles. The maximum atomic E-state index is 12.8. The van der Waals surface area contributed by atoms with E-state index >= 15 is 0 Å². The SMILES string of the molecule is COC(=O)c1cc(Br)cc(C)c1NCS(=O)(=O)c1ccc(OCC#Cc2ccc(OC)cc2)cc1. The summed E-state index contributed by atoms with van der Waals surface area (Å²) in [6.07, 6.45) is 0. The number of esters is 1. The Kier molecular flexibility index (Phi) is 8.79. The van der Waals surface area contributed by atoms with Crippen molar-refractivity contribution >= 4 is 37.4 Å². The van der Waals surface area contributed by atoms with Crippen molar-refractivity contribution in [3.8, 4) is 23.3 Å². The third-order valence-corrected chi connectivity index (χ3v) is 6.93. The molecule has 9 heteroatoms. The summed E-state index contributed by atoms with van der Waals surface area (Å²) in [6.45, 7) is 1.93. The lowest BCUT2D eigenvalue weighted by Crippen LogP contribution is -2.18. The van der Waals surface area contributed by atoms with Crippen LogP contribution >= 0.6 is 15.9 Å². The Hall–Kier alpha value is -3.48. The molecule has 35 heavy (non-hydrogen) atoms. The third-order valence-electron chi connectivity index (χ3n) is 4.96. The van der Waals surface area contributed by atoms with Gasteiger partial charge in [0.05, 0.1) is 30.4 Å². The van der Waals surface area contributed by atoms with E-state index in [1.165, 1.54) is 19.2 Å². The first-order chi connectivity index (χ1) is 16.7. The number of nitrogens with one attached hydrogen (secondary N) is 1. The van der Waals surface area contributed by atoms with Crippen molar-refractivity contribution in [1.29, 1.82) is 0 Å². The van der Waals surface area contributed by atoms with Crippen molar-refractivity contribution in [1.82, 2.24) is 0 Å². The van der Waals surface area contributed by atoms with Gasteiger partial charge in [0.25, 0.3) is 0 Å². The number of ether oxygens (including phenoxy) is 3. The fourth-order valence-electron chi connectivity index (χ4n) is 3.17. The van der Waals surface area contributed by atoms with Crippen molar-refractivity contribution in [2.45, 2.75) is 11.8 Å². The Labute approximate surface area is 213 Å². The number of hydrogen-bond donors (Lipinski definition) is 1. The highest BCUT2D eigenvalue weighted by Crippen LogP contribution is 2.27. The summed E-state index contributed by atoms with van der Waals surface area (Å²) >= 11 is 3.34. The van der Waals surface area contributed by atoms with Crippen molar-refractivity contribution in [2.75, 3.05) is 32.0 Å². The number of hydrogen-bond acceptors (Lipinski definition) is 7. The number of rotatable bonds is 8. The number of carbonyl (C=O) groups excluding carboxylic acids is 1. The highest BCUT2D eigenvalue weighted by molar-refractivity contribution is 9.10. The van der Waals surface area contributed by atoms with Crippen LogP contribution in [-0.2, 0) is 14.6 Å². The summed E-state index contributed by atoms with van der Waals surface area (Å²) in [4.78, 5) is 12.2. The monoisotopic (exact) mass is 557 g/mol. The average molecular weight is 558 g/mol. The molecule has 0 fully saturated rings. The van der Waals surface area contributed by atoms with Crippen LogP contribution in [0.1, 0.15) is 21.5 Å². The van der Waals surface area contributed by atoms with Crippen LogP contribution in [0.25, 0.3) is 0 Å². The number of carbonyl (C=O) groups is 1. The van der Waals surface area contributed by atoms with Gasteiger partial charge in [-0.15, -0.1) is 0 Å². The highest BCUT2D eigenvalue weighted by Gasteiger charge is 2.19. The minimum Gasteiger partial charge on any atom is -0.497 e. The lowest BCUT2D eigenvalue weighted by Gasteiger charge is -2.15. The van der Waals surface area contributed by atoms with E-state index in [9.17, 15) is 13.2 Å². The van der Waals surface area contributed by atoms with Gasteiger partial charge in [0.15, 0.2) is 9.84 Å². The third kappa shape index (κ3) is 7.01. The molecule has 0 heterocycles. The van der Waals surface area contributed by atoms with E-state index in [2.05, 4.69) is 33.1 Å². The van der Waals surface area contributed by atoms with E-state index in [0.717, 1.165) is 11.3 Å². The lowest BCUT2D eigenvalue weighted by atomic mass is 10.1. The second-order valence-corrected chi connectivity index (χ2v) is 10.3. The van der Waals surface area contributed by atoms with Gasteiger partial charge in [-0.3, -0.25) is 0 Å². The van der Waals surface area contributed by atoms with E-state index in [-0.39, 0.29) is 17.1 Å². The normalized spacial score (nSPS) is 10.6. The number of anilines is 1. The summed E-state index contributed by atoms with van der Waals surface area (Å²) in [5.74, 6) is 6.20. The first-order valence-electron chi connectivity index (χ1n) is 10.4. The van der Waals surface area contributed by atoms with Gasteiger partial charge in [0.1, 0.15) is 24.0 Å². The van der Waals surface area contributed by atoms with Crippen LogP contribution in [0.15, 0.2) is 70.0 Å². The minimum atomic E-state index is -3.69. The van der Waals surface area contributed by atoms with Crippen LogP contribution in [0.3, 0.4) is 0 Å². The quantitative estimate of drug-likeness (QED) is 0.313. The topological polar surface area (TPSA) is 90.9 Å². The molecule has 7 nitrogen and oxygen atoms in total. The van der Waals surface area contributed by atoms with Gasteiger partial charge in [-0.05, 0) is 73.2 Å². The van der Waals surface area contributed by atoms with Crippen LogP contribution in [-0.4, -0.2) is 41.1 Å². The summed E-state index contributed by atoms with van der Waals surface area (Å²) < 4.78 is 41.9. The molecule has 0 amide bonds. The van der Waals surface area contributed by atoms with E-state index in [0.29, 0.717) is 21.5 Å². The molecule has 0 bridgehead atoms. The van der Waals surface area contributed by atoms with Crippen LogP contribution in [0.4, 0.5) is 5.69 Å². The number of methoxy groups -OCH3 is 2. The van der Waals surface area contributed by atoms with E-state index in [1.54, 1.807) is 38.3 Å². The summed E-state index contributed by atoms with van der Waals surface area (Å²) in [5, 5.41) is 2.87. The number of benzene rings is 3. The van der Waals surface area contributed by atoms with Crippen molar-refractivity contribution in [3.63, 3.8) is 0 Å². The number of sulfone groups is 1. The van der Waals surface area contributed by atoms with Gasteiger partial charge in [0.2, 0.25) is 0 Å².